The Labute approximate surface area is 136 Å². The largest absolute Gasteiger partial charge is 0.493 e. The molecule has 7 heteroatoms. The number of carbonyl (C=O) groups is 1. The Morgan fingerprint density at radius 3 is 2.96 bits per heavy atom. The van der Waals surface area contributed by atoms with E-state index in [-0.39, 0.29) is 11.2 Å². The monoisotopic (exact) mass is 329 g/mol. The summed E-state index contributed by atoms with van der Waals surface area (Å²) >= 11 is 1.37. The second-order valence-electron chi connectivity index (χ2n) is 4.82. The smallest absolute Gasteiger partial charge is 0.282 e. The highest BCUT2D eigenvalue weighted by molar-refractivity contribution is 7.15. The zero-order valence-electron chi connectivity index (χ0n) is 12.7. The second-order valence-corrected chi connectivity index (χ2v) is 5.69. The average molecular weight is 329 g/mol. The third-order valence-corrected chi connectivity index (χ3v) is 4.07. The van der Waals surface area contributed by atoms with Gasteiger partial charge in [0.1, 0.15) is 11.4 Å². The van der Waals surface area contributed by atoms with Gasteiger partial charge < -0.3 is 10.1 Å². The number of fused-ring (bicyclic) bond motifs is 1. The quantitative estimate of drug-likeness (QED) is 0.799. The summed E-state index contributed by atoms with van der Waals surface area (Å²) in [5.41, 5.74) is 0.747. The first kappa shape index (κ1) is 15.2. The van der Waals surface area contributed by atoms with Crippen LogP contribution in [0.3, 0.4) is 0 Å². The Hall–Kier alpha value is -2.67. The zero-order chi connectivity index (χ0) is 16.4. The molecule has 23 heavy (non-hydrogen) atoms. The molecule has 2 heterocycles. The number of para-hydroxylation sites is 1. The Morgan fingerprint density at radius 1 is 1.39 bits per heavy atom. The molecule has 0 fully saturated rings. The zero-order valence-corrected chi connectivity index (χ0v) is 13.5. The standard InChI is InChI=1S/C16H15N3O3S/c1-3-22-12-7-5-4-6-11(12)14(20)18-13-10(2)17-16-19(15(13)21)8-9-23-16/h4-9H,3H2,1-2H3,(H,18,20). The van der Waals surface area contributed by atoms with Crippen LogP contribution >= 0.6 is 11.3 Å². The van der Waals surface area contributed by atoms with Gasteiger partial charge in [-0.2, -0.15) is 0 Å². The maximum atomic E-state index is 12.5. The maximum absolute atomic E-state index is 12.5. The number of rotatable bonds is 4. The fraction of sp³-hybridized carbons (Fsp3) is 0.188. The van der Waals surface area contributed by atoms with Crippen molar-refractivity contribution in [1.29, 1.82) is 0 Å². The highest BCUT2D eigenvalue weighted by Gasteiger charge is 2.17. The highest BCUT2D eigenvalue weighted by Crippen LogP contribution is 2.20. The van der Waals surface area contributed by atoms with Crippen molar-refractivity contribution < 1.29 is 9.53 Å². The average Bonchev–Trinajstić information content (AvgIpc) is 3.00. The number of aromatic nitrogens is 2. The van der Waals surface area contributed by atoms with Crippen molar-refractivity contribution in [2.24, 2.45) is 0 Å². The molecule has 1 aromatic carbocycles. The van der Waals surface area contributed by atoms with Crippen molar-refractivity contribution in [3.8, 4) is 5.75 Å². The van der Waals surface area contributed by atoms with Crippen LogP contribution < -0.4 is 15.6 Å². The molecule has 3 rings (SSSR count). The lowest BCUT2D eigenvalue weighted by Crippen LogP contribution is -2.24. The van der Waals surface area contributed by atoms with Gasteiger partial charge in [-0.3, -0.25) is 14.0 Å². The van der Waals surface area contributed by atoms with E-state index in [1.807, 2.05) is 6.92 Å². The first-order valence-electron chi connectivity index (χ1n) is 7.11. The van der Waals surface area contributed by atoms with Crippen molar-refractivity contribution >= 4 is 27.9 Å². The summed E-state index contributed by atoms with van der Waals surface area (Å²) in [5.74, 6) is 0.0843. The molecule has 0 unspecified atom stereocenters. The van der Waals surface area contributed by atoms with E-state index in [1.54, 1.807) is 42.8 Å². The van der Waals surface area contributed by atoms with Gasteiger partial charge in [0.05, 0.1) is 17.9 Å². The summed E-state index contributed by atoms with van der Waals surface area (Å²) < 4.78 is 6.87. The van der Waals surface area contributed by atoms with Crippen LogP contribution in [-0.4, -0.2) is 21.9 Å². The lowest BCUT2D eigenvalue weighted by molar-refractivity contribution is 0.102. The molecule has 0 saturated heterocycles. The molecular formula is C16H15N3O3S. The van der Waals surface area contributed by atoms with Crippen LogP contribution in [0.25, 0.3) is 4.96 Å². The number of hydrogen-bond donors (Lipinski definition) is 1. The van der Waals surface area contributed by atoms with Crippen LogP contribution in [0, 0.1) is 6.92 Å². The predicted octanol–water partition coefficient (Wildman–Crippen LogP) is 2.72. The van der Waals surface area contributed by atoms with Crippen LogP contribution in [-0.2, 0) is 0 Å². The summed E-state index contributed by atoms with van der Waals surface area (Å²) in [6.45, 7) is 4.00. The van der Waals surface area contributed by atoms with Gasteiger partial charge in [-0.05, 0) is 26.0 Å². The Kier molecular flexibility index (Phi) is 4.12. The number of ether oxygens (including phenoxy) is 1. The normalized spacial score (nSPS) is 10.7. The molecule has 2 aromatic heterocycles. The predicted molar refractivity (Wildman–Crippen MR) is 89.6 cm³/mol. The summed E-state index contributed by atoms with van der Waals surface area (Å²) in [7, 11) is 0. The Bertz CT molecular complexity index is 930. The van der Waals surface area contributed by atoms with Crippen molar-refractivity contribution in [1.82, 2.24) is 9.38 Å². The molecule has 118 valence electrons. The third-order valence-electron chi connectivity index (χ3n) is 3.32. The SMILES string of the molecule is CCOc1ccccc1C(=O)Nc1c(C)nc2sccn2c1=O. The van der Waals surface area contributed by atoms with Gasteiger partial charge in [-0.15, -0.1) is 11.3 Å². The topological polar surface area (TPSA) is 72.7 Å². The van der Waals surface area contributed by atoms with E-state index in [9.17, 15) is 9.59 Å². The summed E-state index contributed by atoms with van der Waals surface area (Å²) in [4.78, 5) is 29.9. The molecule has 3 aromatic rings. The van der Waals surface area contributed by atoms with E-state index in [2.05, 4.69) is 10.3 Å². The molecule has 0 aliphatic carbocycles. The molecule has 0 spiro atoms. The van der Waals surface area contributed by atoms with Crippen molar-refractivity contribution in [3.05, 3.63) is 57.5 Å². The fourth-order valence-corrected chi connectivity index (χ4v) is 2.99. The lowest BCUT2D eigenvalue weighted by Gasteiger charge is -2.11. The number of benzene rings is 1. The van der Waals surface area contributed by atoms with Crippen LogP contribution in [0.4, 0.5) is 5.69 Å². The molecule has 0 radical (unpaired) electrons. The summed E-state index contributed by atoms with van der Waals surface area (Å²) in [6, 6.07) is 6.92. The highest BCUT2D eigenvalue weighted by atomic mass is 32.1. The van der Waals surface area contributed by atoms with Crippen molar-refractivity contribution in [2.75, 3.05) is 11.9 Å². The molecule has 0 saturated carbocycles. The number of anilines is 1. The number of amides is 1. The molecule has 0 aliphatic heterocycles. The van der Waals surface area contributed by atoms with E-state index in [0.717, 1.165) is 0 Å². The van der Waals surface area contributed by atoms with Crippen molar-refractivity contribution in [3.63, 3.8) is 0 Å². The molecule has 0 atom stereocenters. The molecule has 0 aliphatic rings. The minimum Gasteiger partial charge on any atom is -0.493 e. The van der Waals surface area contributed by atoms with Gasteiger partial charge >= 0.3 is 0 Å². The van der Waals surface area contributed by atoms with E-state index in [4.69, 9.17) is 4.74 Å². The number of nitrogens with one attached hydrogen (secondary N) is 1. The Morgan fingerprint density at radius 2 is 2.17 bits per heavy atom. The van der Waals surface area contributed by atoms with Gasteiger partial charge in [-0.25, -0.2) is 4.98 Å². The Balaban J connectivity index is 1.99. The molecule has 1 amide bonds. The van der Waals surface area contributed by atoms with Gasteiger partial charge in [0, 0.05) is 11.6 Å². The van der Waals surface area contributed by atoms with Gasteiger partial charge in [-0.1, -0.05) is 12.1 Å². The number of thiazole rings is 1. The second kappa shape index (κ2) is 6.21. The molecular weight excluding hydrogens is 314 g/mol. The number of aryl methyl sites for hydroxylation is 1. The van der Waals surface area contributed by atoms with E-state index in [1.165, 1.54) is 15.7 Å². The minimum absolute atomic E-state index is 0.178. The van der Waals surface area contributed by atoms with Crippen LogP contribution in [0.15, 0.2) is 40.6 Å². The van der Waals surface area contributed by atoms with Crippen molar-refractivity contribution in [2.45, 2.75) is 13.8 Å². The summed E-state index contributed by atoms with van der Waals surface area (Å²) in [5, 5.41) is 4.44. The molecule has 0 bridgehead atoms. The minimum atomic E-state index is -0.397. The molecule has 6 nitrogen and oxygen atoms in total. The first-order valence-corrected chi connectivity index (χ1v) is 7.99. The molecule has 1 N–H and O–H groups in total. The van der Waals surface area contributed by atoms with Crippen LogP contribution in [0.2, 0.25) is 0 Å². The maximum Gasteiger partial charge on any atom is 0.282 e. The lowest BCUT2D eigenvalue weighted by atomic mass is 10.2. The number of hydrogen-bond acceptors (Lipinski definition) is 5. The first-order chi connectivity index (χ1) is 11.1. The van der Waals surface area contributed by atoms with Crippen LogP contribution in [0.1, 0.15) is 23.0 Å². The van der Waals surface area contributed by atoms with Gasteiger partial charge in [0.2, 0.25) is 0 Å². The summed E-state index contributed by atoms with van der Waals surface area (Å²) in [6.07, 6.45) is 1.64. The third kappa shape index (κ3) is 2.83. The van der Waals surface area contributed by atoms with Gasteiger partial charge in [0.25, 0.3) is 11.5 Å². The van der Waals surface area contributed by atoms with Gasteiger partial charge in [0.15, 0.2) is 4.96 Å². The van der Waals surface area contributed by atoms with Crippen LogP contribution in [0.5, 0.6) is 5.75 Å². The fourth-order valence-electron chi connectivity index (χ4n) is 2.24. The van der Waals surface area contributed by atoms with E-state index in [0.29, 0.717) is 28.6 Å². The van der Waals surface area contributed by atoms with E-state index < -0.39 is 5.91 Å². The number of carbonyl (C=O) groups excluding carboxylic acids is 1. The number of nitrogens with zero attached hydrogens (tertiary/aromatic N) is 2. The van der Waals surface area contributed by atoms with E-state index >= 15 is 0 Å².